The van der Waals surface area contributed by atoms with E-state index in [4.69, 9.17) is 0 Å². The molecule has 0 saturated carbocycles. The topological polar surface area (TPSA) is 56.0 Å². The molecule has 15 heavy (non-hydrogen) atoms. The molecule has 2 aromatic rings. The van der Waals surface area contributed by atoms with Gasteiger partial charge in [0, 0.05) is 23.2 Å². The van der Waals surface area contributed by atoms with Crippen LogP contribution in [0.1, 0.15) is 5.69 Å². The average Bonchev–Trinajstić information content (AvgIpc) is 2.16. The Balaban J connectivity index is 0.00000112. The van der Waals surface area contributed by atoms with E-state index < -0.39 is 4.92 Å². The number of halogens is 1. The number of hydrogen-bond acceptors (Lipinski definition) is 3. The maximum Gasteiger partial charge on any atom is 0.270 e. The van der Waals surface area contributed by atoms with Crippen LogP contribution < -0.4 is 0 Å². The first-order valence-electron chi connectivity index (χ1n) is 4.18. The zero-order valence-corrected chi connectivity index (χ0v) is 10.3. The fourth-order valence-corrected chi connectivity index (χ4v) is 1.33. The molecule has 1 aromatic heterocycles. The molecule has 0 atom stereocenters. The number of rotatable bonds is 1. The van der Waals surface area contributed by atoms with E-state index in [0.29, 0.717) is 0 Å². The molecule has 1 heterocycles. The van der Waals surface area contributed by atoms with Crippen LogP contribution in [0, 0.1) is 17.0 Å². The van der Waals surface area contributed by atoms with E-state index in [1.54, 1.807) is 6.07 Å². The highest BCUT2D eigenvalue weighted by Crippen LogP contribution is 2.19. The van der Waals surface area contributed by atoms with Crippen LogP contribution in [-0.4, -0.2) is 9.91 Å². The summed E-state index contributed by atoms with van der Waals surface area (Å²) < 4.78 is 0. The summed E-state index contributed by atoms with van der Waals surface area (Å²) in [4.78, 5) is 14.3. The third-order valence-corrected chi connectivity index (χ3v) is 2.02. The van der Waals surface area contributed by atoms with Crippen LogP contribution in [0.5, 0.6) is 0 Å². The molecule has 0 amide bonds. The Morgan fingerprint density at radius 3 is 2.67 bits per heavy atom. The number of aryl methyl sites for hydroxylation is 1. The van der Waals surface area contributed by atoms with Crippen molar-refractivity contribution in [2.24, 2.45) is 0 Å². The van der Waals surface area contributed by atoms with Crippen molar-refractivity contribution in [3.05, 3.63) is 46.1 Å². The molecule has 0 saturated heterocycles. The van der Waals surface area contributed by atoms with E-state index in [0.717, 1.165) is 16.6 Å². The molecular weight excluding hydrogens is 307 g/mol. The molecule has 0 aliphatic carbocycles. The van der Waals surface area contributed by atoms with Gasteiger partial charge >= 0.3 is 0 Å². The minimum atomic E-state index is -0.403. The van der Waals surface area contributed by atoms with Gasteiger partial charge in [-0.3, -0.25) is 15.1 Å². The second kappa shape index (κ2) is 4.52. The van der Waals surface area contributed by atoms with Crippen LogP contribution in [0.4, 0.5) is 5.69 Å². The van der Waals surface area contributed by atoms with Crippen LogP contribution in [-0.2, 0) is 0 Å². The van der Waals surface area contributed by atoms with Gasteiger partial charge in [0.25, 0.3) is 5.69 Å². The minimum absolute atomic E-state index is 0. The molecule has 0 aliphatic heterocycles. The lowest BCUT2D eigenvalue weighted by Crippen LogP contribution is -1.88. The summed E-state index contributed by atoms with van der Waals surface area (Å²) in [6, 6.07) is 8.34. The van der Waals surface area contributed by atoms with E-state index in [9.17, 15) is 10.1 Å². The van der Waals surface area contributed by atoms with Crippen molar-refractivity contribution in [1.82, 2.24) is 4.98 Å². The fraction of sp³-hybridized carbons (Fsp3) is 0.100. The van der Waals surface area contributed by atoms with Gasteiger partial charge in [-0.2, -0.15) is 0 Å². The summed E-state index contributed by atoms with van der Waals surface area (Å²) in [5.41, 5.74) is 1.80. The van der Waals surface area contributed by atoms with Gasteiger partial charge in [-0.15, -0.1) is 24.0 Å². The standard InChI is InChI=1S/C10H8N2O2.HI/c1-7-2-3-8-6-9(12(13)14)4-5-10(8)11-7;/h2-6H,1H3;1H. The predicted molar refractivity (Wildman–Crippen MR) is 68.5 cm³/mol. The number of pyridine rings is 1. The number of aromatic nitrogens is 1. The van der Waals surface area contributed by atoms with Crippen LogP contribution >= 0.6 is 24.0 Å². The summed E-state index contributed by atoms with van der Waals surface area (Å²) in [5.74, 6) is 0. The zero-order valence-electron chi connectivity index (χ0n) is 8.01. The van der Waals surface area contributed by atoms with Crippen molar-refractivity contribution < 1.29 is 4.92 Å². The summed E-state index contributed by atoms with van der Waals surface area (Å²) in [7, 11) is 0. The summed E-state index contributed by atoms with van der Waals surface area (Å²) in [5, 5.41) is 11.3. The lowest BCUT2D eigenvalue weighted by atomic mass is 10.2. The Bertz CT molecular complexity index is 514. The molecule has 0 bridgehead atoms. The second-order valence-corrected chi connectivity index (χ2v) is 3.09. The molecule has 0 radical (unpaired) electrons. The van der Waals surface area contributed by atoms with Gasteiger partial charge in [0.1, 0.15) is 0 Å². The fourth-order valence-electron chi connectivity index (χ4n) is 1.33. The molecule has 0 aliphatic rings. The quantitative estimate of drug-likeness (QED) is 0.461. The molecule has 0 unspecified atom stereocenters. The number of nitrogens with zero attached hydrogens (tertiary/aromatic N) is 2. The molecule has 0 spiro atoms. The Labute approximate surface area is 103 Å². The van der Waals surface area contributed by atoms with Crippen molar-refractivity contribution in [1.29, 1.82) is 0 Å². The molecule has 0 fully saturated rings. The van der Waals surface area contributed by atoms with Gasteiger partial charge in [0.15, 0.2) is 0 Å². The Morgan fingerprint density at radius 2 is 2.00 bits per heavy atom. The second-order valence-electron chi connectivity index (χ2n) is 3.09. The number of nitro groups is 1. The lowest BCUT2D eigenvalue weighted by Gasteiger charge is -1.98. The van der Waals surface area contributed by atoms with Crippen LogP contribution in [0.2, 0.25) is 0 Å². The van der Waals surface area contributed by atoms with Gasteiger partial charge in [0.05, 0.1) is 10.4 Å². The number of fused-ring (bicyclic) bond motifs is 1. The first kappa shape index (κ1) is 11.8. The van der Waals surface area contributed by atoms with E-state index in [2.05, 4.69) is 4.98 Å². The highest BCUT2D eigenvalue weighted by atomic mass is 127. The van der Waals surface area contributed by atoms with Gasteiger partial charge in [-0.05, 0) is 19.1 Å². The van der Waals surface area contributed by atoms with Crippen molar-refractivity contribution in [2.75, 3.05) is 0 Å². The maximum absolute atomic E-state index is 10.5. The van der Waals surface area contributed by atoms with Crippen LogP contribution in [0.15, 0.2) is 30.3 Å². The van der Waals surface area contributed by atoms with E-state index in [1.165, 1.54) is 12.1 Å². The van der Waals surface area contributed by atoms with Crippen molar-refractivity contribution >= 4 is 40.6 Å². The summed E-state index contributed by atoms with van der Waals surface area (Å²) in [6.07, 6.45) is 0. The molecular formula is C10H9IN2O2. The van der Waals surface area contributed by atoms with Gasteiger partial charge in [-0.1, -0.05) is 6.07 Å². The van der Waals surface area contributed by atoms with Crippen molar-refractivity contribution in [3.63, 3.8) is 0 Å². The predicted octanol–water partition coefficient (Wildman–Crippen LogP) is 3.07. The van der Waals surface area contributed by atoms with Gasteiger partial charge in [-0.25, -0.2) is 0 Å². The lowest BCUT2D eigenvalue weighted by molar-refractivity contribution is -0.384. The largest absolute Gasteiger partial charge is 0.270 e. The SMILES string of the molecule is Cc1ccc2cc([N+](=O)[O-])ccc2n1.I. The van der Waals surface area contributed by atoms with Crippen LogP contribution in [0.25, 0.3) is 10.9 Å². The third-order valence-electron chi connectivity index (χ3n) is 2.02. The van der Waals surface area contributed by atoms with E-state index in [1.807, 2.05) is 19.1 Å². The number of hydrogen-bond donors (Lipinski definition) is 0. The first-order chi connectivity index (χ1) is 6.66. The smallest absolute Gasteiger partial charge is 0.258 e. The number of non-ortho nitro benzene ring substituents is 1. The minimum Gasteiger partial charge on any atom is -0.258 e. The van der Waals surface area contributed by atoms with Crippen molar-refractivity contribution in [2.45, 2.75) is 6.92 Å². The summed E-state index contributed by atoms with van der Waals surface area (Å²) in [6.45, 7) is 1.89. The Hall–Kier alpha value is -1.24. The number of benzene rings is 1. The highest BCUT2D eigenvalue weighted by molar-refractivity contribution is 14.0. The van der Waals surface area contributed by atoms with Gasteiger partial charge < -0.3 is 0 Å². The van der Waals surface area contributed by atoms with E-state index >= 15 is 0 Å². The van der Waals surface area contributed by atoms with Crippen molar-refractivity contribution in [3.8, 4) is 0 Å². The summed E-state index contributed by atoms with van der Waals surface area (Å²) >= 11 is 0. The molecule has 5 heteroatoms. The molecule has 4 nitrogen and oxygen atoms in total. The van der Waals surface area contributed by atoms with Gasteiger partial charge in [0.2, 0.25) is 0 Å². The average molecular weight is 316 g/mol. The molecule has 78 valence electrons. The first-order valence-corrected chi connectivity index (χ1v) is 4.18. The van der Waals surface area contributed by atoms with Crippen LogP contribution in [0.3, 0.4) is 0 Å². The zero-order chi connectivity index (χ0) is 10.1. The monoisotopic (exact) mass is 316 g/mol. The molecule has 0 N–H and O–H groups in total. The maximum atomic E-state index is 10.5. The molecule has 2 rings (SSSR count). The number of nitro benzene ring substituents is 1. The molecule has 1 aromatic carbocycles. The van der Waals surface area contributed by atoms with E-state index in [-0.39, 0.29) is 29.7 Å². The normalized spacial score (nSPS) is 9.67. The Kier molecular flexibility index (Phi) is 3.57. The Morgan fingerprint density at radius 1 is 1.27 bits per heavy atom. The third kappa shape index (κ3) is 2.41. The highest BCUT2D eigenvalue weighted by Gasteiger charge is 2.05.